The summed E-state index contributed by atoms with van der Waals surface area (Å²) in [6.45, 7) is 1.38. The van der Waals surface area contributed by atoms with Gasteiger partial charge in [-0.1, -0.05) is 19.1 Å². The molecule has 10 heavy (non-hydrogen) atoms. The molecule has 0 heterocycles. The first-order valence-corrected chi connectivity index (χ1v) is 3.54. The summed E-state index contributed by atoms with van der Waals surface area (Å²) in [5.74, 6) is 0. The van der Waals surface area contributed by atoms with Crippen LogP contribution in [0.3, 0.4) is 0 Å². The van der Waals surface area contributed by atoms with Crippen molar-refractivity contribution in [3.05, 3.63) is 0 Å². The molecule has 0 aliphatic carbocycles. The lowest BCUT2D eigenvalue weighted by molar-refractivity contribution is 0.0564. The van der Waals surface area contributed by atoms with Gasteiger partial charge in [0, 0.05) is 4.86 Å². The average Bonchev–Trinajstić information content (AvgIpc) is 2.00. The van der Waals surface area contributed by atoms with Crippen LogP contribution in [0.15, 0.2) is 0 Å². The van der Waals surface area contributed by atoms with Crippen LogP contribution in [0.2, 0.25) is 0 Å². The maximum absolute atomic E-state index is 9.04. The van der Waals surface area contributed by atoms with Gasteiger partial charge in [-0.15, -0.1) is 0 Å². The van der Waals surface area contributed by atoms with E-state index in [1.54, 1.807) is 6.92 Å². The van der Waals surface area contributed by atoms with Crippen molar-refractivity contribution in [2.24, 2.45) is 0 Å². The van der Waals surface area contributed by atoms with Gasteiger partial charge in [-0.3, -0.25) is 0 Å². The summed E-state index contributed by atoms with van der Waals surface area (Å²) in [6.07, 6.45) is -1.48. The molecule has 0 aromatic heterocycles. The molecule has 0 aromatic rings. The highest BCUT2D eigenvalue weighted by atomic mass is 32.1. The van der Waals surface area contributed by atoms with Gasteiger partial charge in [0.25, 0.3) is 0 Å². The molecule has 0 aromatic carbocycles. The van der Waals surface area contributed by atoms with Gasteiger partial charge in [0.15, 0.2) is 0 Å². The van der Waals surface area contributed by atoms with E-state index < -0.39 is 12.2 Å². The average molecular weight is 164 g/mol. The van der Waals surface area contributed by atoms with Gasteiger partial charge in [-0.05, 0) is 6.42 Å². The number of hydrogen-bond donors (Lipinski definition) is 3. The zero-order chi connectivity index (χ0) is 8.15. The second-order valence-corrected chi connectivity index (χ2v) is 2.57. The lowest BCUT2D eigenvalue weighted by Crippen LogP contribution is -2.33. The summed E-state index contributed by atoms with van der Waals surface area (Å²) >= 11 is 4.56. The number of thiocarbonyl (C=S) groups is 1. The van der Waals surface area contributed by atoms with Gasteiger partial charge in [0.2, 0.25) is 0 Å². The van der Waals surface area contributed by atoms with E-state index in [1.165, 1.54) is 0 Å². The molecule has 3 N–H and O–H groups in total. The van der Waals surface area contributed by atoms with Crippen LogP contribution in [0, 0.1) is 0 Å². The van der Waals surface area contributed by atoms with Crippen LogP contribution in [0.5, 0.6) is 0 Å². The van der Waals surface area contributed by atoms with Crippen molar-refractivity contribution in [3.8, 4) is 0 Å². The summed E-state index contributed by atoms with van der Waals surface area (Å²) in [4.78, 5) is 0.0920. The lowest BCUT2D eigenvalue weighted by atomic mass is 10.1. The Morgan fingerprint density at radius 1 is 1.50 bits per heavy atom. The molecule has 0 saturated carbocycles. The molecule has 0 bridgehead atoms. The van der Waals surface area contributed by atoms with Crippen molar-refractivity contribution in [3.63, 3.8) is 0 Å². The quantitative estimate of drug-likeness (QED) is 0.489. The SMILES string of the molecule is CC[C@@H](O)[C@@H](O)C(=S)CO. The third kappa shape index (κ3) is 2.70. The molecule has 0 saturated heterocycles. The minimum atomic E-state index is -1.06. The Hall–Kier alpha value is -0.0300. The highest BCUT2D eigenvalue weighted by Gasteiger charge is 2.17. The molecular formula is C6H12O3S. The summed E-state index contributed by atoms with van der Waals surface area (Å²) < 4.78 is 0. The van der Waals surface area contributed by atoms with Gasteiger partial charge in [-0.25, -0.2) is 0 Å². The van der Waals surface area contributed by atoms with E-state index in [-0.39, 0.29) is 11.5 Å². The zero-order valence-electron chi connectivity index (χ0n) is 5.82. The fourth-order valence-electron chi connectivity index (χ4n) is 0.531. The van der Waals surface area contributed by atoms with Crippen LogP contribution < -0.4 is 0 Å². The topological polar surface area (TPSA) is 60.7 Å². The van der Waals surface area contributed by atoms with E-state index in [4.69, 9.17) is 15.3 Å². The highest BCUT2D eigenvalue weighted by Crippen LogP contribution is 2.00. The molecule has 0 rings (SSSR count). The molecule has 0 aliphatic heterocycles. The standard InChI is InChI=1S/C6H12O3S/c1-2-4(8)6(9)5(10)3-7/h4,6-9H,2-3H2,1H3/t4-,6-/m1/s1. The van der Waals surface area contributed by atoms with Crippen LogP contribution in [0.1, 0.15) is 13.3 Å². The Kier molecular flexibility index (Phi) is 4.72. The second kappa shape index (κ2) is 4.73. The first-order valence-electron chi connectivity index (χ1n) is 3.13. The van der Waals surface area contributed by atoms with Gasteiger partial charge < -0.3 is 15.3 Å². The summed E-state index contributed by atoms with van der Waals surface area (Å²) in [5, 5.41) is 26.5. The first kappa shape index (κ1) is 9.97. The van der Waals surface area contributed by atoms with Crippen molar-refractivity contribution >= 4 is 17.1 Å². The van der Waals surface area contributed by atoms with Crippen LogP contribution in [-0.2, 0) is 0 Å². The fraction of sp³-hybridized carbons (Fsp3) is 0.833. The van der Waals surface area contributed by atoms with Crippen molar-refractivity contribution in [1.29, 1.82) is 0 Å². The van der Waals surface area contributed by atoms with Crippen LogP contribution in [-0.4, -0.2) is 39.0 Å². The maximum atomic E-state index is 9.04. The third-order valence-corrected chi connectivity index (χ3v) is 1.64. The Morgan fingerprint density at radius 3 is 2.30 bits per heavy atom. The monoisotopic (exact) mass is 164 g/mol. The Labute approximate surface area is 65.3 Å². The van der Waals surface area contributed by atoms with Gasteiger partial charge in [-0.2, -0.15) is 0 Å². The number of hydrogen-bond acceptors (Lipinski definition) is 4. The normalized spacial score (nSPS) is 16.4. The number of aliphatic hydroxyl groups excluding tert-OH is 3. The maximum Gasteiger partial charge on any atom is 0.113 e. The summed E-state index contributed by atoms with van der Waals surface area (Å²) in [7, 11) is 0. The predicted octanol–water partition coefficient (Wildman–Crippen LogP) is -0.520. The molecule has 0 spiro atoms. The van der Waals surface area contributed by atoms with Crippen molar-refractivity contribution in [1.82, 2.24) is 0 Å². The molecule has 0 amide bonds. The first-order chi connectivity index (χ1) is 4.63. The molecule has 3 nitrogen and oxygen atoms in total. The summed E-state index contributed by atoms with van der Waals surface area (Å²) in [5.41, 5.74) is 0. The third-order valence-electron chi connectivity index (χ3n) is 1.27. The van der Waals surface area contributed by atoms with Gasteiger partial charge in [0.05, 0.1) is 12.7 Å². The van der Waals surface area contributed by atoms with Crippen LogP contribution >= 0.6 is 12.2 Å². The van der Waals surface area contributed by atoms with Crippen LogP contribution in [0.4, 0.5) is 0 Å². The predicted molar refractivity (Wildman–Crippen MR) is 42.0 cm³/mol. The van der Waals surface area contributed by atoms with Crippen molar-refractivity contribution < 1.29 is 15.3 Å². The Morgan fingerprint density at radius 2 is 2.00 bits per heavy atom. The molecule has 0 aliphatic rings. The van der Waals surface area contributed by atoms with Gasteiger partial charge in [0.1, 0.15) is 6.10 Å². The second-order valence-electron chi connectivity index (χ2n) is 2.04. The Balaban J connectivity index is 3.81. The van der Waals surface area contributed by atoms with E-state index in [9.17, 15) is 0 Å². The van der Waals surface area contributed by atoms with E-state index in [1.807, 2.05) is 0 Å². The van der Waals surface area contributed by atoms with Crippen molar-refractivity contribution in [2.45, 2.75) is 25.6 Å². The molecular weight excluding hydrogens is 152 g/mol. The van der Waals surface area contributed by atoms with E-state index in [2.05, 4.69) is 12.2 Å². The Bertz CT molecular complexity index is 116. The van der Waals surface area contributed by atoms with Crippen molar-refractivity contribution in [2.75, 3.05) is 6.61 Å². The van der Waals surface area contributed by atoms with E-state index in [0.717, 1.165) is 0 Å². The molecule has 0 unspecified atom stereocenters. The zero-order valence-corrected chi connectivity index (χ0v) is 6.64. The minimum absolute atomic E-state index is 0.0920. The molecule has 4 heteroatoms. The molecule has 60 valence electrons. The number of rotatable bonds is 4. The number of aliphatic hydroxyl groups is 3. The molecule has 2 atom stereocenters. The highest BCUT2D eigenvalue weighted by molar-refractivity contribution is 7.80. The van der Waals surface area contributed by atoms with Crippen LogP contribution in [0.25, 0.3) is 0 Å². The van der Waals surface area contributed by atoms with E-state index in [0.29, 0.717) is 6.42 Å². The minimum Gasteiger partial charge on any atom is -0.391 e. The van der Waals surface area contributed by atoms with E-state index >= 15 is 0 Å². The summed E-state index contributed by atoms with van der Waals surface area (Å²) in [6, 6.07) is 0. The van der Waals surface area contributed by atoms with Gasteiger partial charge >= 0.3 is 0 Å². The molecule has 0 fully saturated rings. The lowest BCUT2D eigenvalue weighted by Gasteiger charge is -2.15. The smallest absolute Gasteiger partial charge is 0.113 e. The largest absolute Gasteiger partial charge is 0.391 e. The fourth-order valence-corrected chi connectivity index (χ4v) is 0.688. The molecule has 0 radical (unpaired) electrons.